The van der Waals surface area contributed by atoms with Crippen LogP contribution in [0.4, 0.5) is 11.4 Å². The Bertz CT molecular complexity index is 1680. The molecule has 12 heteroatoms. The number of nitrogens with zero attached hydrogens (tertiary/aromatic N) is 3. The number of nitrogens with one attached hydrogen (secondary N) is 4. The molecule has 0 unspecified atom stereocenters. The zero-order valence-corrected chi connectivity index (χ0v) is 49.1. The van der Waals surface area contributed by atoms with Gasteiger partial charge >= 0.3 is 0 Å². The fraction of sp³-hybridized carbons (Fsp3) is 0.833. The quantitative estimate of drug-likeness (QED) is 0.218. The second-order valence-electron chi connectivity index (χ2n) is 28.6. The van der Waals surface area contributed by atoms with Crippen LogP contribution in [0.1, 0.15) is 233 Å². The highest BCUT2D eigenvalue weighted by molar-refractivity contribution is 5.82. The number of carbonyl (C=O) groups excluding carboxylic acids is 3. The van der Waals surface area contributed by atoms with Gasteiger partial charge < -0.3 is 21.3 Å². The molecule has 0 saturated heterocycles. The van der Waals surface area contributed by atoms with E-state index in [2.05, 4.69) is 156 Å². The van der Waals surface area contributed by atoms with Crippen LogP contribution in [0.5, 0.6) is 0 Å². The van der Waals surface area contributed by atoms with Gasteiger partial charge in [0, 0.05) is 60.5 Å². The first kappa shape index (κ1) is 69.0. The molecule has 2 aromatic rings. The van der Waals surface area contributed by atoms with Gasteiger partial charge in [0.25, 0.3) is 10.9 Å². The van der Waals surface area contributed by atoms with Gasteiger partial charge in [-0.2, -0.15) is 0 Å². The summed E-state index contributed by atoms with van der Waals surface area (Å²) in [6.45, 7) is 62.5. The van der Waals surface area contributed by atoms with Gasteiger partial charge in [-0.25, -0.2) is 4.68 Å². The first-order valence-electron chi connectivity index (χ1n) is 23.8. The SMILES string of the molecule is CC(C)(C)CC(=O)CC(C)(C)C.CC(C)(C)CC(C)(C)C.CC(C)(C)NC(=O)C(C)(C)C.CC(C)(C)NC(=O)C(C)(C)C.CC(C)(C)c1cn(C(C)(C)C)nn1.CNc1c(NC)c(=O)c1=O. The van der Waals surface area contributed by atoms with Crippen molar-refractivity contribution >= 4 is 29.0 Å². The molecule has 0 aliphatic rings. The third kappa shape index (κ3) is 37.5. The maximum Gasteiger partial charge on any atom is 0.253 e. The number of amides is 2. The van der Waals surface area contributed by atoms with E-state index in [1.807, 2.05) is 94.0 Å². The summed E-state index contributed by atoms with van der Waals surface area (Å²) in [5, 5.41) is 19.4. The van der Waals surface area contributed by atoms with Crippen LogP contribution in [0, 0.1) is 32.5 Å². The van der Waals surface area contributed by atoms with E-state index in [0.717, 1.165) is 5.69 Å². The van der Waals surface area contributed by atoms with Gasteiger partial charge in [-0.1, -0.05) is 151 Å². The largest absolute Gasteiger partial charge is 0.383 e. The van der Waals surface area contributed by atoms with Crippen molar-refractivity contribution in [2.45, 2.75) is 249 Å². The molecule has 0 atom stereocenters. The maximum atomic E-state index is 11.5. The number of hydrogen-bond acceptors (Lipinski definition) is 9. The molecule has 2 rings (SSSR count). The molecule has 0 saturated carbocycles. The Morgan fingerprint density at radius 1 is 0.485 bits per heavy atom. The summed E-state index contributed by atoms with van der Waals surface area (Å²) in [5.41, 5.74) is 1.48. The van der Waals surface area contributed by atoms with Crippen molar-refractivity contribution in [3.05, 3.63) is 32.3 Å². The van der Waals surface area contributed by atoms with Crippen LogP contribution in [0.25, 0.3) is 0 Å². The number of carbonyl (C=O) groups is 3. The zero-order chi connectivity index (χ0) is 54.3. The van der Waals surface area contributed by atoms with Crippen molar-refractivity contribution in [1.82, 2.24) is 25.6 Å². The molecule has 0 bridgehead atoms. The maximum absolute atomic E-state index is 11.5. The van der Waals surface area contributed by atoms with E-state index in [0.29, 0.717) is 40.8 Å². The highest BCUT2D eigenvalue weighted by atomic mass is 16.2. The Hall–Kier alpha value is -3.57. The van der Waals surface area contributed by atoms with Gasteiger partial charge in [0.2, 0.25) is 11.8 Å². The smallest absolute Gasteiger partial charge is 0.253 e. The number of Topliss-reactive ketones (excluding diaryl/α,β-unsaturated/α-hetero) is 1. The summed E-state index contributed by atoms with van der Waals surface area (Å²) < 4.78 is 1.91. The molecule has 1 aromatic carbocycles. The van der Waals surface area contributed by atoms with Crippen LogP contribution < -0.4 is 32.1 Å². The summed E-state index contributed by atoms with van der Waals surface area (Å²) in [7, 11) is 3.22. The van der Waals surface area contributed by atoms with Gasteiger partial charge in [0.1, 0.15) is 17.2 Å². The van der Waals surface area contributed by atoms with Crippen LogP contribution in [0.3, 0.4) is 0 Å². The highest BCUT2D eigenvalue weighted by Gasteiger charge is 2.27. The summed E-state index contributed by atoms with van der Waals surface area (Å²) in [6, 6.07) is 0. The van der Waals surface area contributed by atoms with Gasteiger partial charge in [-0.15, -0.1) is 5.10 Å². The van der Waals surface area contributed by atoms with Crippen LogP contribution in [0.15, 0.2) is 15.8 Å². The molecule has 1 aromatic heterocycles. The van der Waals surface area contributed by atoms with Crippen molar-refractivity contribution in [3.63, 3.8) is 0 Å². The van der Waals surface area contributed by atoms with Crippen LogP contribution in [-0.2, 0) is 25.3 Å². The number of anilines is 2. The molecule has 0 spiro atoms. The van der Waals surface area contributed by atoms with Gasteiger partial charge in [0.15, 0.2) is 0 Å². The monoisotopic (exact) mass is 934 g/mol. The molecule has 388 valence electrons. The third-order valence-electron chi connectivity index (χ3n) is 8.21. The minimum atomic E-state index is -0.438. The molecular weight excluding hydrogens is 827 g/mol. The van der Waals surface area contributed by atoms with E-state index in [-0.39, 0.29) is 55.5 Å². The lowest BCUT2D eigenvalue weighted by molar-refractivity contribution is -0.130. The summed E-state index contributed by atoms with van der Waals surface area (Å²) in [5.74, 6) is 0.588. The molecule has 0 aliphatic heterocycles. The number of hydrogen-bond donors (Lipinski definition) is 4. The number of ketones is 1. The van der Waals surface area contributed by atoms with Gasteiger partial charge in [0.05, 0.1) is 11.2 Å². The van der Waals surface area contributed by atoms with Crippen LogP contribution in [-0.4, -0.2) is 57.8 Å². The number of aromatic nitrogens is 3. The Labute approximate surface area is 406 Å². The molecule has 2 amide bonds. The van der Waals surface area contributed by atoms with E-state index in [4.69, 9.17) is 0 Å². The second-order valence-corrected chi connectivity index (χ2v) is 28.6. The van der Waals surface area contributed by atoms with E-state index in [9.17, 15) is 24.0 Å². The Morgan fingerprint density at radius 3 is 0.894 bits per heavy atom. The normalized spacial score (nSPS) is 12.7. The fourth-order valence-corrected chi connectivity index (χ4v) is 5.70. The third-order valence-corrected chi connectivity index (χ3v) is 8.21. The van der Waals surface area contributed by atoms with E-state index < -0.39 is 10.9 Å². The van der Waals surface area contributed by atoms with Crippen molar-refractivity contribution in [3.8, 4) is 0 Å². The first-order chi connectivity index (χ1) is 28.5. The first-order valence-corrected chi connectivity index (χ1v) is 23.8. The average Bonchev–Trinajstić information content (AvgIpc) is 3.51. The van der Waals surface area contributed by atoms with Crippen molar-refractivity contribution in [1.29, 1.82) is 0 Å². The highest BCUT2D eigenvalue weighted by Crippen LogP contribution is 2.32. The van der Waals surface area contributed by atoms with Crippen molar-refractivity contribution in [2.24, 2.45) is 32.5 Å². The Kier molecular flexibility index (Phi) is 26.9. The molecule has 4 N–H and O–H groups in total. The molecule has 66 heavy (non-hydrogen) atoms. The predicted octanol–water partition coefficient (Wildman–Crippen LogP) is 12.5. The Balaban J connectivity index is -0.000000351. The standard InChI is InChI=1S/C11H22O.C10H19N3.2C9H19NO.C9H20.C6H8N2O2/c1-10(2,3)7-9(12)8-11(4,5)6;1-9(2,3)8-7-13(12-11-8)10(4,5)6;2*1-8(2,3)7(11)10-9(4,5)6;1-8(2,3)7-9(4,5)6;1-7-3-4(8-2)6(10)5(3)9/h7-8H2,1-6H3;7H,1-6H3;2*1-6H3,(H,10,11);7H2,1-6H3;7-8H,1-2H3. The molecule has 0 aliphatic carbocycles. The van der Waals surface area contributed by atoms with E-state index in [1.54, 1.807) is 14.1 Å². The topological polar surface area (TPSA) is 164 Å². The minimum absolute atomic E-state index is 0.0243. The molecular formula is C54H107N7O5. The Morgan fingerprint density at radius 2 is 0.773 bits per heavy atom. The summed E-state index contributed by atoms with van der Waals surface area (Å²) in [4.78, 5) is 55.5. The van der Waals surface area contributed by atoms with Gasteiger partial charge in [-0.3, -0.25) is 24.0 Å². The van der Waals surface area contributed by atoms with Crippen LogP contribution in [0.2, 0.25) is 0 Å². The molecule has 0 fully saturated rings. The summed E-state index contributed by atoms with van der Waals surface area (Å²) >= 11 is 0. The predicted molar refractivity (Wildman–Crippen MR) is 286 cm³/mol. The fourth-order valence-electron chi connectivity index (χ4n) is 5.70. The van der Waals surface area contributed by atoms with Crippen molar-refractivity contribution in [2.75, 3.05) is 24.7 Å². The molecule has 0 radical (unpaired) electrons. The van der Waals surface area contributed by atoms with Crippen molar-refractivity contribution < 1.29 is 14.4 Å². The summed E-state index contributed by atoms with van der Waals surface area (Å²) in [6.07, 6.45) is 4.72. The minimum Gasteiger partial charge on any atom is -0.383 e. The number of rotatable bonds is 4. The van der Waals surface area contributed by atoms with Crippen LogP contribution >= 0.6 is 0 Å². The van der Waals surface area contributed by atoms with E-state index >= 15 is 0 Å². The molecule has 1 heterocycles. The lowest BCUT2D eigenvalue weighted by atomic mass is 9.78. The lowest BCUT2D eigenvalue weighted by Gasteiger charge is -2.28. The molecule has 12 nitrogen and oxygen atoms in total. The second kappa shape index (κ2) is 25.7. The lowest BCUT2D eigenvalue weighted by Crippen LogP contribution is -2.46. The average molecular weight is 934 g/mol. The zero-order valence-electron chi connectivity index (χ0n) is 49.1. The van der Waals surface area contributed by atoms with Gasteiger partial charge in [-0.05, 0) is 90.4 Å². The van der Waals surface area contributed by atoms with E-state index in [1.165, 1.54) is 6.42 Å².